The number of carbonyl (C=O) groups is 1. The van der Waals surface area contributed by atoms with Gasteiger partial charge in [-0.15, -0.1) is 11.3 Å². The maximum Gasteiger partial charge on any atom is 0.274 e. The highest BCUT2D eigenvalue weighted by molar-refractivity contribution is 7.17. The molecule has 3 aromatic heterocycles. The van der Waals surface area contributed by atoms with E-state index in [1.807, 2.05) is 36.6 Å². The van der Waals surface area contributed by atoms with Crippen molar-refractivity contribution in [2.45, 2.75) is 25.6 Å². The van der Waals surface area contributed by atoms with Gasteiger partial charge >= 0.3 is 0 Å². The number of nitrogens with one attached hydrogen (secondary N) is 1. The molecular formula is C18H18FN5OS. The van der Waals surface area contributed by atoms with Crippen molar-refractivity contribution in [3.8, 4) is 0 Å². The van der Waals surface area contributed by atoms with Crippen LogP contribution in [0.1, 0.15) is 35.6 Å². The molecule has 26 heavy (non-hydrogen) atoms. The van der Waals surface area contributed by atoms with Crippen LogP contribution in [-0.2, 0) is 0 Å². The first-order chi connectivity index (χ1) is 12.6. The summed E-state index contributed by atoms with van der Waals surface area (Å²) in [5.74, 6) is 0.127. The molecule has 1 aliphatic rings. The SMILES string of the molecule is CC(Nc1nc(C(=O)N2CC[C@@H](F)C2)c2sccc2n1)c1ccccn1. The van der Waals surface area contributed by atoms with Gasteiger partial charge in [-0.2, -0.15) is 0 Å². The van der Waals surface area contributed by atoms with Crippen LogP contribution in [0.15, 0.2) is 35.8 Å². The van der Waals surface area contributed by atoms with Gasteiger partial charge in [0.05, 0.1) is 28.5 Å². The summed E-state index contributed by atoms with van der Waals surface area (Å²) in [5.41, 5.74) is 1.89. The second kappa shape index (κ2) is 6.95. The van der Waals surface area contributed by atoms with E-state index in [1.165, 1.54) is 16.2 Å². The molecule has 1 unspecified atom stereocenters. The van der Waals surface area contributed by atoms with Crippen LogP contribution < -0.4 is 5.32 Å². The lowest BCUT2D eigenvalue weighted by Gasteiger charge is -2.17. The van der Waals surface area contributed by atoms with Gasteiger partial charge in [-0.1, -0.05) is 6.07 Å². The van der Waals surface area contributed by atoms with Gasteiger partial charge in [0.15, 0.2) is 5.69 Å². The molecule has 4 heterocycles. The quantitative estimate of drug-likeness (QED) is 0.761. The normalized spacial score (nSPS) is 18.2. The molecule has 1 fully saturated rings. The first-order valence-corrected chi connectivity index (χ1v) is 9.36. The van der Waals surface area contributed by atoms with Crippen molar-refractivity contribution >= 4 is 33.4 Å². The van der Waals surface area contributed by atoms with Crippen LogP contribution in [-0.4, -0.2) is 45.0 Å². The van der Waals surface area contributed by atoms with Crippen molar-refractivity contribution in [1.82, 2.24) is 19.9 Å². The number of hydrogen-bond donors (Lipinski definition) is 1. The van der Waals surface area contributed by atoms with Crippen molar-refractivity contribution in [2.75, 3.05) is 18.4 Å². The Morgan fingerprint density at radius 2 is 2.27 bits per heavy atom. The minimum Gasteiger partial charge on any atom is -0.346 e. The molecule has 0 bridgehead atoms. The third-order valence-electron chi connectivity index (χ3n) is 4.40. The topological polar surface area (TPSA) is 71.0 Å². The van der Waals surface area contributed by atoms with E-state index >= 15 is 0 Å². The Morgan fingerprint density at radius 1 is 1.38 bits per heavy atom. The van der Waals surface area contributed by atoms with Crippen molar-refractivity contribution in [1.29, 1.82) is 0 Å². The van der Waals surface area contributed by atoms with Crippen molar-refractivity contribution in [2.24, 2.45) is 0 Å². The van der Waals surface area contributed by atoms with E-state index in [1.54, 1.807) is 6.20 Å². The number of aromatic nitrogens is 3. The molecule has 1 amide bonds. The van der Waals surface area contributed by atoms with Gasteiger partial charge in [0, 0.05) is 12.7 Å². The average Bonchev–Trinajstić information content (AvgIpc) is 3.30. The number of rotatable bonds is 4. The summed E-state index contributed by atoms with van der Waals surface area (Å²) in [6.45, 7) is 2.51. The second-order valence-electron chi connectivity index (χ2n) is 6.29. The van der Waals surface area contributed by atoms with Gasteiger partial charge in [0.1, 0.15) is 6.17 Å². The van der Waals surface area contributed by atoms with Crippen LogP contribution in [0.3, 0.4) is 0 Å². The maximum atomic E-state index is 13.5. The number of halogens is 1. The van der Waals surface area contributed by atoms with E-state index in [0.717, 1.165) is 10.4 Å². The zero-order chi connectivity index (χ0) is 18.1. The number of anilines is 1. The Labute approximate surface area is 154 Å². The van der Waals surface area contributed by atoms with Crippen LogP contribution >= 0.6 is 11.3 Å². The second-order valence-corrected chi connectivity index (χ2v) is 7.20. The van der Waals surface area contributed by atoms with Gasteiger partial charge in [0.2, 0.25) is 5.95 Å². The highest BCUT2D eigenvalue weighted by atomic mass is 32.1. The van der Waals surface area contributed by atoms with E-state index in [2.05, 4.69) is 20.3 Å². The number of carbonyl (C=O) groups excluding carboxylic acids is 1. The maximum absolute atomic E-state index is 13.5. The van der Waals surface area contributed by atoms with Crippen LogP contribution in [0.5, 0.6) is 0 Å². The first kappa shape index (κ1) is 16.8. The molecule has 4 rings (SSSR count). The summed E-state index contributed by atoms with van der Waals surface area (Å²) in [5, 5.41) is 5.09. The van der Waals surface area contributed by atoms with Crippen molar-refractivity contribution < 1.29 is 9.18 Å². The summed E-state index contributed by atoms with van der Waals surface area (Å²) in [4.78, 5) is 27.7. The number of likely N-dealkylation sites (tertiary alicyclic amines) is 1. The largest absolute Gasteiger partial charge is 0.346 e. The van der Waals surface area contributed by atoms with Gasteiger partial charge in [-0.05, 0) is 36.9 Å². The van der Waals surface area contributed by atoms with Crippen LogP contribution in [0.25, 0.3) is 10.2 Å². The predicted molar refractivity (Wildman–Crippen MR) is 99.1 cm³/mol. The van der Waals surface area contributed by atoms with E-state index in [0.29, 0.717) is 30.1 Å². The number of alkyl halides is 1. The van der Waals surface area contributed by atoms with Crippen molar-refractivity contribution in [3.63, 3.8) is 0 Å². The highest BCUT2D eigenvalue weighted by Crippen LogP contribution is 2.27. The molecule has 0 aliphatic carbocycles. The van der Waals surface area contributed by atoms with Gasteiger partial charge < -0.3 is 10.2 Å². The Bertz CT molecular complexity index is 932. The Morgan fingerprint density at radius 3 is 3.00 bits per heavy atom. The van der Waals surface area contributed by atoms with E-state index < -0.39 is 6.17 Å². The summed E-state index contributed by atoms with van der Waals surface area (Å²) in [6, 6.07) is 7.43. The molecule has 1 aliphatic heterocycles. The molecule has 3 aromatic rings. The lowest BCUT2D eigenvalue weighted by Crippen LogP contribution is -2.30. The molecule has 0 spiro atoms. The lowest BCUT2D eigenvalue weighted by atomic mass is 10.2. The predicted octanol–water partition coefficient (Wildman–Crippen LogP) is 3.44. The zero-order valence-corrected chi connectivity index (χ0v) is 15.0. The molecule has 0 saturated carbocycles. The van der Waals surface area contributed by atoms with Crippen LogP contribution in [0.4, 0.5) is 10.3 Å². The molecule has 0 radical (unpaired) electrons. The minimum absolute atomic E-state index is 0.114. The molecule has 1 saturated heterocycles. The summed E-state index contributed by atoms with van der Waals surface area (Å²) in [6.07, 6.45) is 1.15. The molecule has 6 nitrogen and oxygen atoms in total. The molecule has 1 N–H and O–H groups in total. The van der Waals surface area contributed by atoms with Crippen molar-refractivity contribution in [3.05, 3.63) is 47.2 Å². The molecule has 2 atom stereocenters. The van der Waals surface area contributed by atoms with E-state index in [-0.39, 0.29) is 18.5 Å². The van der Waals surface area contributed by atoms with Crippen LogP contribution in [0, 0.1) is 0 Å². The number of hydrogen-bond acceptors (Lipinski definition) is 6. The molecule has 134 valence electrons. The third-order valence-corrected chi connectivity index (χ3v) is 5.31. The smallest absolute Gasteiger partial charge is 0.274 e. The number of amides is 1. The molecule has 0 aromatic carbocycles. The summed E-state index contributed by atoms with van der Waals surface area (Å²) in [7, 11) is 0. The highest BCUT2D eigenvalue weighted by Gasteiger charge is 2.29. The van der Waals surface area contributed by atoms with E-state index in [9.17, 15) is 9.18 Å². The lowest BCUT2D eigenvalue weighted by molar-refractivity contribution is 0.0779. The standard InChI is InChI=1S/C18H18FN5OS/c1-11(13-4-2-3-7-20-13)21-18-22-14-6-9-26-16(14)15(23-18)17(25)24-8-5-12(19)10-24/h2-4,6-7,9,11-12H,5,8,10H2,1H3,(H,21,22,23)/t11?,12-/m1/s1. The van der Waals surface area contributed by atoms with Crippen LogP contribution in [0.2, 0.25) is 0 Å². The third kappa shape index (κ3) is 3.24. The number of pyridine rings is 1. The Hall–Kier alpha value is -2.61. The Balaban J connectivity index is 1.65. The fourth-order valence-corrected chi connectivity index (χ4v) is 3.84. The summed E-state index contributed by atoms with van der Waals surface area (Å²) >= 11 is 1.42. The number of thiophene rings is 1. The fraction of sp³-hybridized carbons (Fsp3) is 0.333. The summed E-state index contributed by atoms with van der Waals surface area (Å²) < 4.78 is 14.2. The monoisotopic (exact) mass is 371 g/mol. The van der Waals surface area contributed by atoms with Gasteiger partial charge in [-0.3, -0.25) is 9.78 Å². The Kier molecular flexibility index (Phi) is 4.50. The van der Waals surface area contributed by atoms with Gasteiger partial charge in [-0.25, -0.2) is 14.4 Å². The fourth-order valence-electron chi connectivity index (χ4n) is 3.02. The first-order valence-electron chi connectivity index (χ1n) is 8.48. The zero-order valence-electron chi connectivity index (χ0n) is 14.2. The minimum atomic E-state index is -0.957. The van der Waals surface area contributed by atoms with Gasteiger partial charge in [0.25, 0.3) is 5.91 Å². The van der Waals surface area contributed by atoms with E-state index in [4.69, 9.17) is 0 Å². The molecule has 8 heteroatoms. The molecular weight excluding hydrogens is 353 g/mol. The average molecular weight is 371 g/mol. The number of nitrogens with zero attached hydrogens (tertiary/aromatic N) is 4. The number of fused-ring (bicyclic) bond motifs is 1.